The minimum absolute atomic E-state index is 0.202. The third-order valence-electron chi connectivity index (χ3n) is 2.81. The molecule has 1 rings (SSSR count). The second-order valence-corrected chi connectivity index (χ2v) is 4.85. The summed E-state index contributed by atoms with van der Waals surface area (Å²) in [7, 11) is 1.59. The lowest BCUT2D eigenvalue weighted by atomic mass is 10.1. The van der Waals surface area contributed by atoms with Gasteiger partial charge in [0.2, 0.25) is 0 Å². The van der Waals surface area contributed by atoms with Crippen LogP contribution in [0.5, 0.6) is 5.75 Å². The maximum atomic E-state index is 12.2. The van der Waals surface area contributed by atoms with Crippen molar-refractivity contribution < 1.29 is 17.9 Å². The van der Waals surface area contributed by atoms with Crippen LogP contribution < -0.4 is 15.4 Å². The van der Waals surface area contributed by atoms with Gasteiger partial charge in [-0.05, 0) is 37.1 Å². The third-order valence-corrected chi connectivity index (χ3v) is 2.81. The molecule has 2 N–H and O–H groups in total. The van der Waals surface area contributed by atoms with E-state index in [2.05, 4.69) is 15.6 Å². The summed E-state index contributed by atoms with van der Waals surface area (Å²) in [6.07, 6.45) is -5.07. The second kappa shape index (κ2) is 8.51. The summed E-state index contributed by atoms with van der Waals surface area (Å²) >= 11 is 0. The normalized spacial score (nSPS) is 12.2. The van der Waals surface area contributed by atoms with Gasteiger partial charge in [0.05, 0.1) is 20.1 Å². The van der Waals surface area contributed by atoms with Crippen molar-refractivity contribution in [2.45, 2.75) is 33.0 Å². The first kappa shape index (κ1) is 18.1. The molecule has 0 atom stereocenters. The number of hydrogen-bond donors (Lipinski definition) is 2. The van der Waals surface area contributed by atoms with E-state index in [4.69, 9.17) is 4.74 Å². The molecule has 0 unspecified atom stereocenters. The van der Waals surface area contributed by atoms with Gasteiger partial charge in [0.15, 0.2) is 5.96 Å². The molecule has 1 aromatic rings. The van der Waals surface area contributed by atoms with E-state index in [9.17, 15) is 13.2 Å². The van der Waals surface area contributed by atoms with Gasteiger partial charge in [0.25, 0.3) is 0 Å². The smallest absolute Gasteiger partial charge is 0.390 e. The Hall–Kier alpha value is -1.92. The monoisotopic (exact) mass is 317 g/mol. The SMILES string of the molecule is CCNC(=NCc1cc(C)cc(OC)c1)NCCC(F)(F)F. The summed E-state index contributed by atoms with van der Waals surface area (Å²) in [6, 6.07) is 5.72. The molecule has 0 saturated carbocycles. The van der Waals surface area contributed by atoms with Gasteiger partial charge >= 0.3 is 6.18 Å². The summed E-state index contributed by atoms with van der Waals surface area (Å²) in [4.78, 5) is 4.29. The Morgan fingerprint density at radius 2 is 1.95 bits per heavy atom. The van der Waals surface area contributed by atoms with Crippen LogP contribution in [-0.4, -0.2) is 32.3 Å². The summed E-state index contributed by atoms with van der Waals surface area (Å²) in [5.74, 6) is 1.10. The highest BCUT2D eigenvalue weighted by atomic mass is 19.4. The van der Waals surface area contributed by atoms with Crippen molar-refractivity contribution in [1.82, 2.24) is 10.6 Å². The Morgan fingerprint density at radius 3 is 2.55 bits per heavy atom. The van der Waals surface area contributed by atoms with E-state index in [0.29, 0.717) is 19.0 Å². The average Bonchev–Trinajstić information content (AvgIpc) is 2.42. The van der Waals surface area contributed by atoms with Gasteiger partial charge in [-0.2, -0.15) is 13.2 Å². The number of rotatable bonds is 6. The molecule has 0 spiro atoms. The molecule has 0 radical (unpaired) electrons. The quantitative estimate of drug-likeness (QED) is 0.626. The van der Waals surface area contributed by atoms with Gasteiger partial charge in [-0.3, -0.25) is 0 Å². The molecule has 0 aliphatic carbocycles. The molecule has 124 valence electrons. The molecule has 0 aromatic heterocycles. The highest BCUT2D eigenvalue weighted by Crippen LogP contribution is 2.18. The molecule has 0 saturated heterocycles. The number of ether oxygens (including phenoxy) is 1. The Bertz CT molecular complexity index is 501. The van der Waals surface area contributed by atoms with Crippen LogP contribution in [-0.2, 0) is 6.54 Å². The zero-order chi connectivity index (χ0) is 16.6. The number of halogens is 3. The van der Waals surface area contributed by atoms with Crippen LogP contribution >= 0.6 is 0 Å². The molecule has 4 nitrogen and oxygen atoms in total. The van der Waals surface area contributed by atoms with Gasteiger partial charge in [0, 0.05) is 13.1 Å². The highest BCUT2D eigenvalue weighted by molar-refractivity contribution is 5.79. The van der Waals surface area contributed by atoms with Gasteiger partial charge in [-0.1, -0.05) is 6.07 Å². The Kier molecular flexibility index (Phi) is 7.01. The molecule has 0 heterocycles. The van der Waals surface area contributed by atoms with E-state index in [0.717, 1.165) is 16.9 Å². The predicted molar refractivity (Wildman–Crippen MR) is 81.2 cm³/mol. The van der Waals surface area contributed by atoms with Crippen molar-refractivity contribution in [3.05, 3.63) is 29.3 Å². The molecule has 0 fully saturated rings. The average molecular weight is 317 g/mol. The number of aryl methyl sites for hydroxylation is 1. The van der Waals surface area contributed by atoms with Crippen LogP contribution in [0.2, 0.25) is 0 Å². The van der Waals surface area contributed by atoms with Crippen molar-refractivity contribution in [1.29, 1.82) is 0 Å². The minimum atomic E-state index is -4.17. The van der Waals surface area contributed by atoms with Gasteiger partial charge < -0.3 is 15.4 Å². The highest BCUT2D eigenvalue weighted by Gasteiger charge is 2.26. The first-order chi connectivity index (χ1) is 10.3. The molecule has 22 heavy (non-hydrogen) atoms. The Balaban J connectivity index is 2.67. The first-order valence-electron chi connectivity index (χ1n) is 7.07. The third kappa shape index (κ3) is 7.19. The Labute approximate surface area is 128 Å². The van der Waals surface area contributed by atoms with Gasteiger partial charge in [0.1, 0.15) is 5.75 Å². The maximum absolute atomic E-state index is 12.2. The molecule has 0 amide bonds. The van der Waals surface area contributed by atoms with Crippen molar-refractivity contribution in [2.75, 3.05) is 20.2 Å². The maximum Gasteiger partial charge on any atom is 0.390 e. The van der Waals surface area contributed by atoms with Gasteiger partial charge in [-0.25, -0.2) is 4.99 Å². The fraction of sp³-hybridized carbons (Fsp3) is 0.533. The topological polar surface area (TPSA) is 45.7 Å². The van der Waals surface area contributed by atoms with E-state index in [1.807, 2.05) is 32.0 Å². The lowest BCUT2D eigenvalue weighted by Crippen LogP contribution is -2.38. The number of methoxy groups -OCH3 is 1. The van der Waals surface area contributed by atoms with Gasteiger partial charge in [-0.15, -0.1) is 0 Å². The van der Waals surface area contributed by atoms with Crippen LogP contribution in [0.15, 0.2) is 23.2 Å². The van der Waals surface area contributed by atoms with Crippen LogP contribution in [0.3, 0.4) is 0 Å². The van der Waals surface area contributed by atoms with Crippen LogP contribution in [0, 0.1) is 6.92 Å². The molecule has 0 aliphatic heterocycles. The second-order valence-electron chi connectivity index (χ2n) is 4.85. The number of hydrogen-bond acceptors (Lipinski definition) is 2. The van der Waals surface area contributed by atoms with E-state index in [-0.39, 0.29) is 6.54 Å². The molecule has 7 heteroatoms. The number of aliphatic imine (C=N–C) groups is 1. The number of benzene rings is 1. The first-order valence-corrected chi connectivity index (χ1v) is 7.07. The standard InChI is InChI=1S/C15H22F3N3O/c1-4-19-14(20-6-5-15(16,17)18)21-10-12-7-11(2)8-13(9-12)22-3/h7-9H,4-6,10H2,1-3H3,(H2,19,20,21). The fourth-order valence-electron chi connectivity index (χ4n) is 1.87. The molecular weight excluding hydrogens is 295 g/mol. The van der Waals surface area contributed by atoms with Crippen LogP contribution in [0.1, 0.15) is 24.5 Å². The number of nitrogens with zero attached hydrogens (tertiary/aromatic N) is 1. The number of alkyl halides is 3. The molecule has 0 bridgehead atoms. The molecule has 0 aliphatic rings. The Morgan fingerprint density at radius 1 is 1.23 bits per heavy atom. The van der Waals surface area contributed by atoms with Crippen molar-refractivity contribution in [3.63, 3.8) is 0 Å². The zero-order valence-corrected chi connectivity index (χ0v) is 13.0. The molecular formula is C15H22F3N3O. The summed E-state index contributed by atoms with van der Waals surface area (Å²) in [6.45, 7) is 4.54. The lowest BCUT2D eigenvalue weighted by molar-refractivity contribution is -0.132. The van der Waals surface area contributed by atoms with E-state index >= 15 is 0 Å². The van der Waals surface area contributed by atoms with Crippen molar-refractivity contribution >= 4 is 5.96 Å². The zero-order valence-electron chi connectivity index (χ0n) is 13.0. The van der Waals surface area contributed by atoms with Crippen LogP contribution in [0.4, 0.5) is 13.2 Å². The van der Waals surface area contributed by atoms with E-state index in [1.54, 1.807) is 7.11 Å². The fourth-order valence-corrected chi connectivity index (χ4v) is 1.87. The van der Waals surface area contributed by atoms with Crippen LogP contribution in [0.25, 0.3) is 0 Å². The number of nitrogens with one attached hydrogen (secondary N) is 2. The summed E-state index contributed by atoms with van der Waals surface area (Å²) in [5.41, 5.74) is 1.98. The van der Waals surface area contributed by atoms with E-state index < -0.39 is 12.6 Å². The summed E-state index contributed by atoms with van der Waals surface area (Å²) < 4.78 is 41.7. The summed E-state index contributed by atoms with van der Waals surface area (Å²) in [5, 5.41) is 5.60. The van der Waals surface area contributed by atoms with E-state index in [1.165, 1.54) is 0 Å². The number of guanidine groups is 1. The largest absolute Gasteiger partial charge is 0.497 e. The van der Waals surface area contributed by atoms with Crippen molar-refractivity contribution in [2.24, 2.45) is 4.99 Å². The van der Waals surface area contributed by atoms with Crippen molar-refractivity contribution in [3.8, 4) is 5.75 Å². The molecule has 1 aromatic carbocycles. The lowest BCUT2D eigenvalue weighted by Gasteiger charge is -2.12. The predicted octanol–water partition coefficient (Wildman–Crippen LogP) is 3.01. The minimum Gasteiger partial charge on any atom is -0.497 e.